The number of anilines is 2. The third kappa shape index (κ3) is 9.40. The second kappa shape index (κ2) is 21.6. The van der Waals surface area contributed by atoms with E-state index < -0.39 is 0 Å². The van der Waals surface area contributed by atoms with Crippen LogP contribution in [-0.2, 0) is 18.2 Å². The molecule has 5 radical (unpaired) electrons. The summed E-state index contributed by atoms with van der Waals surface area (Å²) >= 11 is 2.22. The molecule has 0 aliphatic carbocycles. The van der Waals surface area contributed by atoms with Crippen LogP contribution in [0.15, 0.2) is 164 Å². The van der Waals surface area contributed by atoms with Crippen molar-refractivity contribution < 1.29 is 18.2 Å². The van der Waals surface area contributed by atoms with Crippen molar-refractivity contribution in [1.29, 1.82) is 0 Å². The molecule has 0 N–H and O–H groups in total. The number of nitrogens with zero attached hydrogens (tertiary/aromatic N) is 2. The summed E-state index contributed by atoms with van der Waals surface area (Å²) in [5, 5.41) is 5.11. The van der Waals surface area contributed by atoms with Crippen molar-refractivity contribution in [2.75, 3.05) is 9.80 Å². The van der Waals surface area contributed by atoms with Crippen LogP contribution in [0.3, 0.4) is 0 Å². The van der Waals surface area contributed by atoms with E-state index in [-0.39, 0.29) is 12.1 Å². The van der Waals surface area contributed by atoms with Gasteiger partial charge < -0.3 is 9.80 Å². The molecule has 0 amide bonds. The summed E-state index contributed by atoms with van der Waals surface area (Å²) in [4.78, 5) is 5.06. The van der Waals surface area contributed by atoms with Crippen molar-refractivity contribution in [1.82, 2.24) is 0 Å². The third-order valence-corrected chi connectivity index (χ3v) is 11.7. The molecule has 58 heavy (non-hydrogen) atoms. The Bertz CT molecular complexity index is 2140. The average molecular weight is 874 g/mol. The monoisotopic (exact) mass is 872 g/mol. The van der Waals surface area contributed by atoms with Crippen molar-refractivity contribution >= 4 is 42.4 Å². The molecule has 0 spiro atoms. The Morgan fingerprint density at radius 3 is 1.26 bits per heavy atom. The zero-order chi connectivity index (χ0) is 40.9. The SMILES string of the molecule is CCC(CC)c1ccc2ccccc2c1N1[C]N(c2c(C(CC)CC)ccc3ccccc23)[C@@H](c2ccccc2)[C@@H]1c1ccccc1.[CH2][CH][CH]c1ccccc1.[Cl][Pd+]. The first kappa shape index (κ1) is 43.2. The van der Waals surface area contributed by atoms with Gasteiger partial charge in [-0.05, 0) is 95.9 Å². The normalized spacial score (nSPS) is 15.1. The summed E-state index contributed by atoms with van der Waals surface area (Å²) < 4.78 is 0. The first-order chi connectivity index (χ1) is 28.6. The zero-order valence-corrected chi connectivity index (χ0v) is 36.5. The molecule has 4 heteroatoms. The van der Waals surface area contributed by atoms with E-state index in [1.807, 2.05) is 36.8 Å². The van der Waals surface area contributed by atoms with Crippen LogP contribution in [0.1, 0.15) is 105 Å². The molecule has 1 aliphatic rings. The standard InChI is InChI=1S/C45H46N2.C9H9.ClH.Pd/c1-5-32(6-2)40-29-27-34-19-15-17-25-38(34)44(40)46-31-47(43(37-23-13-10-14-24-37)42(46)36-21-11-9-12-22-36)45-39-26-18-16-20-35(39)28-30-41(45)33(7-3)8-4;1-2-6-9-7-4-3-5-8-9;;/h9-30,32-33,42-43H,5-8H2,1-4H3;2-8H,1H2;1H;/q;;;+2/p-1/t42-,43-;;;/m0.../s1. The van der Waals surface area contributed by atoms with Crippen molar-refractivity contribution in [3.63, 3.8) is 0 Å². The molecule has 0 aromatic heterocycles. The fourth-order valence-electron chi connectivity index (χ4n) is 8.76. The van der Waals surface area contributed by atoms with E-state index in [1.54, 1.807) is 6.42 Å². The summed E-state index contributed by atoms with van der Waals surface area (Å²) in [7, 11) is 4.49. The number of hydrogen-bond donors (Lipinski definition) is 0. The van der Waals surface area contributed by atoms with Crippen molar-refractivity contribution in [3.05, 3.63) is 218 Å². The Kier molecular flexibility index (Phi) is 16.1. The predicted octanol–water partition coefficient (Wildman–Crippen LogP) is 15.6. The summed E-state index contributed by atoms with van der Waals surface area (Å²) in [6.07, 6.45) is 8.15. The van der Waals surface area contributed by atoms with E-state index in [9.17, 15) is 0 Å². The van der Waals surface area contributed by atoms with Crippen molar-refractivity contribution in [3.8, 4) is 0 Å². The zero-order valence-electron chi connectivity index (χ0n) is 34.2. The van der Waals surface area contributed by atoms with Gasteiger partial charge in [0.2, 0.25) is 6.67 Å². The molecule has 8 rings (SSSR count). The maximum atomic E-state index is 4.49. The number of halogens is 1. The fraction of sp³-hybridized carbons (Fsp3) is 0.222. The van der Waals surface area contributed by atoms with Gasteiger partial charge >= 0.3 is 27.7 Å². The first-order valence-electron chi connectivity index (χ1n) is 20.7. The Morgan fingerprint density at radius 1 is 0.517 bits per heavy atom. The van der Waals surface area contributed by atoms with Gasteiger partial charge in [0.15, 0.2) is 0 Å². The molecular weight excluding hydrogens is 818 g/mol. The van der Waals surface area contributed by atoms with Gasteiger partial charge in [0.1, 0.15) is 0 Å². The molecule has 1 aliphatic heterocycles. The van der Waals surface area contributed by atoms with Crippen molar-refractivity contribution in [2.45, 2.75) is 77.3 Å². The van der Waals surface area contributed by atoms with Crippen LogP contribution in [0, 0.1) is 26.4 Å². The molecule has 7 aromatic rings. The van der Waals surface area contributed by atoms with Gasteiger partial charge in [-0.2, -0.15) is 0 Å². The summed E-state index contributed by atoms with van der Waals surface area (Å²) in [5.74, 6) is 0.907. The van der Waals surface area contributed by atoms with E-state index in [0.717, 1.165) is 25.7 Å². The van der Waals surface area contributed by atoms with Crippen LogP contribution in [0.5, 0.6) is 0 Å². The first-order valence-corrected chi connectivity index (χ1v) is 22.7. The second-order valence-corrected chi connectivity index (χ2v) is 14.8. The predicted molar refractivity (Wildman–Crippen MR) is 246 cm³/mol. The molecule has 0 unspecified atom stereocenters. The molecule has 1 fully saturated rings. The van der Waals surface area contributed by atoms with Gasteiger partial charge in [-0.1, -0.05) is 191 Å². The summed E-state index contributed by atoms with van der Waals surface area (Å²) in [6, 6.07) is 59.7. The number of fused-ring (bicyclic) bond motifs is 2. The Labute approximate surface area is 363 Å². The van der Waals surface area contributed by atoms with Crippen LogP contribution in [0.4, 0.5) is 11.4 Å². The van der Waals surface area contributed by atoms with Crippen LogP contribution < -0.4 is 9.80 Å². The molecule has 1 saturated heterocycles. The van der Waals surface area contributed by atoms with E-state index in [2.05, 4.69) is 212 Å². The van der Waals surface area contributed by atoms with Gasteiger partial charge in [0.25, 0.3) is 0 Å². The molecular formula is C54H55ClN2Pd+. The minimum absolute atomic E-state index is 0.00559. The summed E-state index contributed by atoms with van der Waals surface area (Å²) in [6.45, 7) is 17.1. The number of benzene rings is 7. The Balaban J connectivity index is 0.000000452. The molecule has 2 nitrogen and oxygen atoms in total. The molecule has 0 saturated carbocycles. The van der Waals surface area contributed by atoms with Crippen LogP contribution in [0.2, 0.25) is 0 Å². The average Bonchev–Trinajstić information content (AvgIpc) is 3.68. The second-order valence-electron chi connectivity index (χ2n) is 14.8. The quantitative estimate of drug-likeness (QED) is 0.113. The van der Waals surface area contributed by atoms with Crippen molar-refractivity contribution in [2.24, 2.45) is 0 Å². The number of rotatable bonds is 12. The Morgan fingerprint density at radius 2 is 0.879 bits per heavy atom. The van der Waals surface area contributed by atoms with Crippen LogP contribution in [0.25, 0.3) is 21.5 Å². The van der Waals surface area contributed by atoms with E-state index in [0.29, 0.717) is 11.8 Å². The van der Waals surface area contributed by atoms with Gasteiger partial charge in [0.05, 0.1) is 23.5 Å². The van der Waals surface area contributed by atoms with Gasteiger partial charge in [-0.25, -0.2) is 0 Å². The molecule has 7 aromatic carbocycles. The molecule has 1 heterocycles. The van der Waals surface area contributed by atoms with Crippen LogP contribution >= 0.6 is 9.53 Å². The number of hydrogen-bond acceptors (Lipinski definition) is 2. The molecule has 0 bridgehead atoms. The Hall–Kier alpha value is -4.39. The van der Waals surface area contributed by atoms with Gasteiger partial charge in [-0.15, -0.1) is 0 Å². The van der Waals surface area contributed by atoms with Gasteiger partial charge in [0, 0.05) is 10.8 Å². The van der Waals surface area contributed by atoms with Gasteiger partial charge in [-0.3, -0.25) is 0 Å². The van der Waals surface area contributed by atoms with E-state index >= 15 is 0 Å². The summed E-state index contributed by atoms with van der Waals surface area (Å²) in [5.41, 5.74) is 9.19. The maximum absolute atomic E-state index is 4.49. The minimum atomic E-state index is 0.00559. The third-order valence-electron chi connectivity index (χ3n) is 11.7. The topological polar surface area (TPSA) is 6.48 Å². The van der Waals surface area contributed by atoms with Crippen LogP contribution in [-0.4, -0.2) is 0 Å². The molecule has 2 atom stereocenters. The fourth-order valence-corrected chi connectivity index (χ4v) is 8.76. The van der Waals surface area contributed by atoms with E-state index in [1.165, 1.54) is 60.7 Å². The van der Waals surface area contributed by atoms with E-state index in [4.69, 9.17) is 0 Å². The molecule has 297 valence electrons.